The van der Waals surface area contributed by atoms with Gasteiger partial charge in [-0.1, -0.05) is 10.9 Å². The van der Waals surface area contributed by atoms with Gasteiger partial charge in [0, 0.05) is 24.6 Å². The summed E-state index contributed by atoms with van der Waals surface area (Å²) in [5, 5.41) is 4.76. The van der Waals surface area contributed by atoms with Crippen LogP contribution in [0.4, 0.5) is 5.00 Å². The smallest absolute Gasteiger partial charge is 0.132 e. The van der Waals surface area contributed by atoms with Crippen molar-refractivity contribution < 1.29 is 0 Å². The summed E-state index contributed by atoms with van der Waals surface area (Å²) < 4.78 is 3.83. The first kappa shape index (κ1) is 9.86. The summed E-state index contributed by atoms with van der Waals surface area (Å²) in [6.07, 6.45) is 4.17. The number of nitrogen functional groups attached to an aromatic ring is 1. The Morgan fingerprint density at radius 2 is 2.36 bits per heavy atom. The number of nitrogens with zero attached hydrogens (tertiary/aromatic N) is 3. The summed E-state index contributed by atoms with van der Waals surface area (Å²) in [5.74, 6) is 0.896. The van der Waals surface area contributed by atoms with Gasteiger partial charge in [-0.05, 0) is 25.8 Å². The number of nitrogens with two attached hydrogens (primary N) is 1. The lowest BCUT2D eigenvalue weighted by Crippen LogP contribution is -2.29. The Morgan fingerprint density at radius 3 is 2.86 bits per heavy atom. The van der Waals surface area contributed by atoms with Crippen molar-refractivity contribution in [3.8, 4) is 0 Å². The molecule has 0 spiro atoms. The van der Waals surface area contributed by atoms with Gasteiger partial charge in [0.15, 0.2) is 0 Å². The fourth-order valence-electron chi connectivity index (χ4n) is 1.76. The molecule has 1 aliphatic rings. The van der Waals surface area contributed by atoms with Crippen LogP contribution in [-0.4, -0.2) is 28.1 Å². The first-order valence-corrected chi connectivity index (χ1v) is 5.78. The number of hydrogen-bond donors (Lipinski definition) is 1. The van der Waals surface area contributed by atoms with Crippen molar-refractivity contribution in [3.63, 3.8) is 0 Å². The molecule has 0 bridgehead atoms. The molecule has 0 amide bonds. The molecule has 5 heteroatoms. The Balaban J connectivity index is 1.81. The first-order chi connectivity index (χ1) is 6.75. The second-order valence-electron chi connectivity index (χ2n) is 4.08. The maximum absolute atomic E-state index is 5.73. The van der Waals surface area contributed by atoms with Crippen molar-refractivity contribution in [1.82, 2.24) is 14.5 Å². The molecule has 2 N–H and O–H groups in total. The molecular formula is C9H16N4S. The van der Waals surface area contributed by atoms with E-state index < -0.39 is 0 Å². The molecule has 1 fully saturated rings. The van der Waals surface area contributed by atoms with Crippen LogP contribution in [0.25, 0.3) is 0 Å². The third-order valence-electron chi connectivity index (χ3n) is 2.80. The largest absolute Gasteiger partial charge is 0.388 e. The number of aromatic nitrogens is 2. The van der Waals surface area contributed by atoms with Crippen LogP contribution in [0.1, 0.15) is 25.0 Å². The van der Waals surface area contributed by atoms with Crippen LogP contribution >= 0.6 is 11.5 Å². The van der Waals surface area contributed by atoms with E-state index in [0.717, 1.165) is 29.7 Å². The van der Waals surface area contributed by atoms with Crippen LogP contribution in [0.3, 0.4) is 0 Å². The average Bonchev–Trinajstić information content (AvgIpc) is 2.45. The Labute approximate surface area is 88.3 Å². The predicted octanol–water partition coefficient (Wildman–Crippen LogP) is 1.35. The van der Waals surface area contributed by atoms with E-state index in [9.17, 15) is 0 Å². The van der Waals surface area contributed by atoms with Gasteiger partial charge in [0.2, 0.25) is 0 Å². The highest BCUT2D eigenvalue weighted by Crippen LogP contribution is 2.27. The molecule has 1 aromatic rings. The van der Waals surface area contributed by atoms with Gasteiger partial charge in [0.05, 0.1) is 0 Å². The normalized spacial score (nSPS) is 17.3. The van der Waals surface area contributed by atoms with Gasteiger partial charge >= 0.3 is 0 Å². The zero-order chi connectivity index (χ0) is 9.97. The third kappa shape index (κ3) is 2.22. The van der Waals surface area contributed by atoms with Crippen LogP contribution in [0.15, 0.2) is 0 Å². The van der Waals surface area contributed by atoms with Crippen molar-refractivity contribution in [3.05, 3.63) is 5.69 Å². The second-order valence-corrected chi connectivity index (χ2v) is 4.86. The molecule has 1 aromatic heterocycles. The standard InChI is InChI=1S/C9H16N4S/c1-13(5-7-3-2-4-7)6-8-9(10)14-12-11-8/h7H,2-6,10H2,1H3. The van der Waals surface area contributed by atoms with E-state index in [4.69, 9.17) is 5.73 Å². The number of hydrogen-bond acceptors (Lipinski definition) is 5. The van der Waals surface area contributed by atoms with E-state index in [2.05, 4.69) is 21.5 Å². The molecule has 4 nitrogen and oxygen atoms in total. The van der Waals surface area contributed by atoms with Gasteiger partial charge in [0.25, 0.3) is 0 Å². The van der Waals surface area contributed by atoms with Crippen LogP contribution < -0.4 is 5.73 Å². The van der Waals surface area contributed by atoms with Gasteiger partial charge in [0.1, 0.15) is 10.7 Å². The van der Waals surface area contributed by atoms with Crippen LogP contribution in [0.5, 0.6) is 0 Å². The number of anilines is 1. The summed E-state index contributed by atoms with van der Waals surface area (Å²) in [6.45, 7) is 2.00. The lowest BCUT2D eigenvalue weighted by molar-refractivity contribution is 0.199. The maximum Gasteiger partial charge on any atom is 0.132 e. The molecule has 0 atom stereocenters. The molecule has 14 heavy (non-hydrogen) atoms. The molecule has 1 heterocycles. The highest BCUT2D eigenvalue weighted by molar-refractivity contribution is 7.09. The van der Waals surface area contributed by atoms with Gasteiger partial charge < -0.3 is 10.6 Å². The Kier molecular flexibility index (Phi) is 2.98. The summed E-state index contributed by atoms with van der Waals surface area (Å²) >= 11 is 1.28. The lowest BCUT2D eigenvalue weighted by Gasteiger charge is -2.29. The van der Waals surface area contributed by atoms with E-state index >= 15 is 0 Å². The summed E-state index contributed by atoms with van der Waals surface area (Å²) in [4.78, 5) is 2.29. The van der Waals surface area contributed by atoms with Crippen LogP contribution in [0.2, 0.25) is 0 Å². The molecule has 0 radical (unpaired) electrons. The van der Waals surface area contributed by atoms with Crippen molar-refractivity contribution in [2.45, 2.75) is 25.8 Å². The van der Waals surface area contributed by atoms with E-state index in [1.807, 2.05) is 0 Å². The molecule has 0 aromatic carbocycles. The zero-order valence-electron chi connectivity index (χ0n) is 8.44. The fourth-order valence-corrected chi connectivity index (χ4v) is 2.20. The zero-order valence-corrected chi connectivity index (χ0v) is 9.26. The van der Waals surface area contributed by atoms with Gasteiger partial charge in [-0.25, -0.2) is 0 Å². The van der Waals surface area contributed by atoms with Gasteiger partial charge in [-0.3, -0.25) is 0 Å². The van der Waals surface area contributed by atoms with Gasteiger partial charge in [-0.2, -0.15) is 0 Å². The number of rotatable bonds is 4. The minimum absolute atomic E-state index is 0.755. The molecule has 0 unspecified atom stereocenters. The van der Waals surface area contributed by atoms with Gasteiger partial charge in [-0.15, -0.1) is 5.10 Å². The monoisotopic (exact) mass is 212 g/mol. The fraction of sp³-hybridized carbons (Fsp3) is 0.778. The SMILES string of the molecule is CN(Cc1nnsc1N)CC1CCC1. The van der Waals surface area contributed by atoms with Crippen molar-refractivity contribution >= 4 is 16.5 Å². The van der Waals surface area contributed by atoms with E-state index in [-0.39, 0.29) is 0 Å². The molecule has 1 aliphatic carbocycles. The van der Waals surface area contributed by atoms with Crippen molar-refractivity contribution in [2.75, 3.05) is 19.3 Å². The molecule has 0 aliphatic heterocycles. The Bertz CT molecular complexity index is 295. The van der Waals surface area contributed by atoms with Crippen LogP contribution in [-0.2, 0) is 6.54 Å². The second kappa shape index (κ2) is 4.23. The maximum atomic E-state index is 5.73. The molecular weight excluding hydrogens is 196 g/mol. The quantitative estimate of drug-likeness (QED) is 0.818. The topological polar surface area (TPSA) is 55.0 Å². The summed E-state index contributed by atoms with van der Waals surface area (Å²) in [7, 11) is 2.12. The minimum Gasteiger partial charge on any atom is -0.388 e. The van der Waals surface area contributed by atoms with Crippen LogP contribution in [0, 0.1) is 5.92 Å². The van der Waals surface area contributed by atoms with Crippen molar-refractivity contribution in [1.29, 1.82) is 0 Å². The van der Waals surface area contributed by atoms with E-state index in [1.54, 1.807) is 0 Å². The highest BCUT2D eigenvalue weighted by atomic mass is 32.1. The van der Waals surface area contributed by atoms with Crippen molar-refractivity contribution in [2.24, 2.45) is 5.92 Å². The third-order valence-corrected chi connectivity index (χ3v) is 3.40. The predicted molar refractivity (Wildman–Crippen MR) is 58.0 cm³/mol. The molecule has 1 saturated carbocycles. The molecule has 2 rings (SSSR count). The van der Waals surface area contributed by atoms with E-state index in [0.29, 0.717) is 0 Å². The lowest BCUT2D eigenvalue weighted by atomic mass is 9.85. The Morgan fingerprint density at radius 1 is 1.57 bits per heavy atom. The first-order valence-electron chi connectivity index (χ1n) is 5.01. The minimum atomic E-state index is 0.755. The summed E-state index contributed by atoms with van der Waals surface area (Å²) in [6, 6.07) is 0. The Hall–Kier alpha value is -0.680. The summed E-state index contributed by atoms with van der Waals surface area (Å²) in [5.41, 5.74) is 6.66. The highest BCUT2D eigenvalue weighted by Gasteiger charge is 2.19. The molecule has 78 valence electrons. The molecule has 0 saturated heterocycles. The average molecular weight is 212 g/mol. The van der Waals surface area contributed by atoms with E-state index in [1.165, 1.54) is 30.8 Å².